The Labute approximate surface area is 140 Å². The van der Waals surface area contributed by atoms with E-state index >= 15 is 0 Å². The Morgan fingerprint density at radius 2 is 1.56 bits per heavy atom. The minimum absolute atomic E-state index is 0.247. The van der Waals surface area contributed by atoms with E-state index < -0.39 is 23.4 Å². The van der Waals surface area contributed by atoms with Gasteiger partial charge in [0, 0.05) is 5.56 Å². The maximum Gasteiger partial charge on any atom is 0.422 e. The zero-order chi connectivity index (χ0) is 17.8. The second-order valence-electron chi connectivity index (χ2n) is 5.96. The molecular formula is C20H11F5. The number of benzene rings is 3. The number of hydrogen-bond donors (Lipinski definition) is 0. The number of halogens is 5. The van der Waals surface area contributed by atoms with Crippen molar-refractivity contribution in [2.24, 2.45) is 0 Å². The van der Waals surface area contributed by atoms with Gasteiger partial charge in [0.15, 0.2) is 0 Å². The quantitative estimate of drug-likeness (QED) is 0.341. The summed E-state index contributed by atoms with van der Waals surface area (Å²) in [4.78, 5) is 0. The van der Waals surface area contributed by atoms with E-state index in [0.29, 0.717) is 17.4 Å². The van der Waals surface area contributed by atoms with E-state index in [2.05, 4.69) is 0 Å². The molecule has 0 bridgehead atoms. The Bertz CT molecular complexity index is 1020. The first kappa shape index (κ1) is 15.8. The molecule has 0 radical (unpaired) electrons. The molecule has 0 unspecified atom stereocenters. The van der Waals surface area contributed by atoms with Crippen LogP contribution in [0.2, 0.25) is 0 Å². The van der Waals surface area contributed by atoms with Crippen LogP contribution in [0.5, 0.6) is 0 Å². The van der Waals surface area contributed by atoms with E-state index in [9.17, 15) is 22.0 Å². The summed E-state index contributed by atoms with van der Waals surface area (Å²) in [7, 11) is 0. The van der Waals surface area contributed by atoms with Crippen molar-refractivity contribution in [3.05, 3.63) is 77.4 Å². The van der Waals surface area contributed by atoms with Crippen molar-refractivity contribution in [1.29, 1.82) is 0 Å². The van der Waals surface area contributed by atoms with Crippen molar-refractivity contribution in [1.82, 2.24) is 0 Å². The first-order valence-corrected chi connectivity index (χ1v) is 7.63. The molecule has 126 valence electrons. The van der Waals surface area contributed by atoms with Crippen LogP contribution in [-0.2, 0) is 6.42 Å². The van der Waals surface area contributed by atoms with Crippen LogP contribution in [0.4, 0.5) is 22.0 Å². The van der Waals surface area contributed by atoms with E-state index in [-0.39, 0.29) is 5.39 Å². The van der Waals surface area contributed by atoms with Gasteiger partial charge in [0.05, 0.1) is 0 Å². The summed E-state index contributed by atoms with van der Waals surface area (Å²) >= 11 is 0. The minimum atomic E-state index is -5.12. The molecule has 0 spiro atoms. The lowest BCUT2D eigenvalue weighted by Crippen LogP contribution is -2.12. The second kappa shape index (κ2) is 5.41. The van der Waals surface area contributed by atoms with Gasteiger partial charge < -0.3 is 0 Å². The van der Waals surface area contributed by atoms with Gasteiger partial charge >= 0.3 is 6.18 Å². The molecule has 3 aromatic rings. The molecule has 4 rings (SSSR count). The third-order valence-corrected chi connectivity index (χ3v) is 4.57. The van der Waals surface area contributed by atoms with Gasteiger partial charge in [-0.1, -0.05) is 54.6 Å². The maximum absolute atomic E-state index is 13.3. The van der Waals surface area contributed by atoms with Gasteiger partial charge in [-0.3, -0.25) is 0 Å². The van der Waals surface area contributed by atoms with Crippen LogP contribution in [0.15, 0.2) is 60.7 Å². The predicted molar refractivity (Wildman–Crippen MR) is 87.4 cm³/mol. The summed E-state index contributed by atoms with van der Waals surface area (Å²) < 4.78 is 66.2. The number of rotatable bonds is 1. The largest absolute Gasteiger partial charge is 0.422 e. The van der Waals surface area contributed by atoms with E-state index in [1.807, 2.05) is 30.3 Å². The smallest absolute Gasteiger partial charge is 0.173 e. The standard InChI is InChI=1S/C20H11F5/c21-19(22)18(20(23,24)25)15-7-3-5-11-8-9-14-13-6-2-1-4-12(13)10-16(14)17(11)15/h1-9H,10H2. The van der Waals surface area contributed by atoms with Crippen LogP contribution in [0.3, 0.4) is 0 Å². The molecule has 0 atom stereocenters. The molecule has 0 fully saturated rings. The lowest BCUT2D eigenvalue weighted by molar-refractivity contribution is -0.0710. The van der Waals surface area contributed by atoms with Gasteiger partial charge in [-0.2, -0.15) is 22.0 Å². The van der Waals surface area contributed by atoms with Gasteiger partial charge in [0.2, 0.25) is 0 Å². The normalized spacial score (nSPS) is 12.8. The molecule has 0 aromatic heterocycles. The monoisotopic (exact) mass is 346 g/mol. The summed E-state index contributed by atoms with van der Waals surface area (Å²) in [5.41, 5.74) is 1.07. The highest BCUT2D eigenvalue weighted by molar-refractivity contribution is 6.02. The molecule has 1 aliphatic rings. The van der Waals surface area contributed by atoms with Crippen molar-refractivity contribution < 1.29 is 22.0 Å². The van der Waals surface area contributed by atoms with E-state index in [1.54, 1.807) is 12.1 Å². The molecule has 25 heavy (non-hydrogen) atoms. The van der Waals surface area contributed by atoms with E-state index in [0.717, 1.165) is 22.8 Å². The first-order chi connectivity index (χ1) is 11.9. The average Bonchev–Trinajstić information content (AvgIpc) is 2.92. The van der Waals surface area contributed by atoms with Crippen molar-refractivity contribution in [2.75, 3.05) is 0 Å². The summed E-state index contributed by atoms with van der Waals surface area (Å²) in [6.07, 6.45) is -7.41. The van der Waals surface area contributed by atoms with Gasteiger partial charge in [0.25, 0.3) is 6.08 Å². The number of fused-ring (bicyclic) bond motifs is 5. The van der Waals surface area contributed by atoms with Gasteiger partial charge in [0.1, 0.15) is 5.57 Å². The number of hydrogen-bond acceptors (Lipinski definition) is 0. The lowest BCUT2D eigenvalue weighted by atomic mass is 9.92. The summed E-state index contributed by atoms with van der Waals surface area (Å²) in [6, 6.07) is 15.2. The van der Waals surface area contributed by atoms with Gasteiger partial charge in [-0.05, 0) is 39.4 Å². The molecule has 0 saturated heterocycles. The fraction of sp³-hybridized carbons (Fsp3) is 0.100. The van der Waals surface area contributed by atoms with Crippen LogP contribution in [-0.4, -0.2) is 6.18 Å². The molecule has 0 nitrogen and oxygen atoms in total. The third kappa shape index (κ3) is 2.42. The van der Waals surface area contributed by atoms with Gasteiger partial charge in [-0.15, -0.1) is 0 Å². The first-order valence-electron chi connectivity index (χ1n) is 7.63. The fourth-order valence-corrected chi connectivity index (χ4v) is 3.59. The highest BCUT2D eigenvalue weighted by Gasteiger charge is 2.40. The Morgan fingerprint density at radius 3 is 2.28 bits per heavy atom. The van der Waals surface area contributed by atoms with Crippen molar-refractivity contribution in [3.63, 3.8) is 0 Å². The molecule has 0 aliphatic heterocycles. The third-order valence-electron chi connectivity index (χ3n) is 4.57. The van der Waals surface area contributed by atoms with Crippen LogP contribution in [0.1, 0.15) is 16.7 Å². The second-order valence-corrected chi connectivity index (χ2v) is 5.96. The zero-order valence-corrected chi connectivity index (χ0v) is 12.8. The Morgan fingerprint density at radius 1 is 0.800 bits per heavy atom. The zero-order valence-electron chi connectivity index (χ0n) is 12.8. The van der Waals surface area contributed by atoms with Crippen LogP contribution in [0.25, 0.3) is 27.5 Å². The van der Waals surface area contributed by atoms with Crippen molar-refractivity contribution in [2.45, 2.75) is 12.6 Å². The highest BCUT2D eigenvalue weighted by atomic mass is 19.4. The van der Waals surface area contributed by atoms with Crippen molar-refractivity contribution >= 4 is 16.3 Å². The van der Waals surface area contributed by atoms with Crippen LogP contribution in [0, 0.1) is 0 Å². The molecule has 0 saturated carbocycles. The molecule has 0 amide bonds. The number of alkyl halides is 3. The maximum atomic E-state index is 13.3. The summed E-state index contributed by atoms with van der Waals surface area (Å²) in [6.45, 7) is 0. The van der Waals surface area contributed by atoms with Crippen LogP contribution >= 0.6 is 0 Å². The summed E-state index contributed by atoms with van der Waals surface area (Å²) in [5.74, 6) is 0. The van der Waals surface area contributed by atoms with Gasteiger partial charge in [-0.25, -0.2) is 0 Å². The Balaban J connectivity index is 2.08. The molecular weight excluding hydrogens is 335 g/mol. The van der Waals surface area contributed by atoms with Crippen molar-refractivity contribution in [3.8, 4) is 11.1 Å². The fourth-order valence-electron chi connectivity index (χ4n) is 3.59. The Hall–Kier alpha value is -2.69. The SMILES string of the molecule is FC(F)=C(c1cccc2ccc3c(c12)Cc1ccccc1-3)C(F)(F)F. The summed E-state index contributed by atoms with van der Waals surface area (Å²) in [5, 5.41) is 0.767. The molecule has 1 aliphatic carbocycles. The predicted octanol–water partition coefficient (Wildman–Crippen LogP) is 6.58. The van der Waals surface area contributed by atoms with E-state index in [4.69, 9.17) is 0 Å². The molecule has 0 N–H and O–H groups in total. The van der Waals surface area contributed by atoms with E-state index in [1.165, 1.54) is 6.07 Å². The van der Waals surface area contributed by atoms with Crippen LogP contribution < -0.4 is 0 Å². The molecule has 3 aromatic carbocycles. The molecule has 0 heterocycles. The number of allylic oxidation sites excluding steroid dienone is 1. The topological polar surface area (TPSA) is 0 Å². The lowest BCUT2D eigenvalue weighted by Gasteiger charge is -2.16. The molecule has 5 heteroatoms. The average molecular weight is 346 g/mol. The minimum Gasteiger partial charge on any atom is -0.173 e. The highest BCUT2D eigenvalue weighted by Crippen LogP contribution is 2.45. The Kier molecular flexibility index (Phi) is 3.42.